The molecule has 0 bridgehead atoms. The number of hydrogen-bond acceptors (Lipinski definition) is 6. The maximum Gasteiger partial charge on any atom is 0.275 e. The summed E-state index contributed by atoms with van der Waals surface area (Å²) in [4.78, 5) is 12.6. The second-order valence-corrected chi connectivity index (χ2v) is 9.41. The largest absolute Gasteiger partial charge is 0.379 e. The van der Waals surface area contributed by atoms with Gasteiger partial charge in [-0.2, -0.15) is 0 Å². The lowest BCUT2D eigenvalue weighted by atomic mass is 10.0. The van der Waals surface area contributed by atoms with E-state index in [1.165, 1.54) is 13.0 Å². The molecule has 162 valence electrons. The molecule has 1 saturated heterocycles. The average Bonchev–Trinajstić information content (AvgIpc) is 2.70. The zero-order valence-corrected chi connectivity index (χ0v) is 18.4. The molecule has 2 aromatic rings. The van der Waals surface area contributed by atoms with E-state index in [0.717, 1.165) is 17.2 Å². The molecule has 1 atom stereocenters. The highest BCUT2D eigenvalue weighted by Gasteiger charge is 2.27. The van der Waals surface area contributed by atoms with Crippen molar-refractivity contribution >= 4 is 27.3 Å². The molecule has 30 heavy (non-hydrogen) atoms. The van der Waals surface area contributed by atoms with Crippen LogP contribution in [-0.2, 0) is 14.8 Å². The number of benzene rings is 2. The fraction of sp³-hybridized carbons (Fsp3) is 0.400. The van der Waals surface area contributed by atoms with Crippen molar-refractivity contribution in [3.8, 4) is 0 Å². The van der Waals surface area contributed by atoms with Gasteiger partial charge in [0, 0.05) is 37.3 Å². The van der Waals surface area contributed by atoms with Crippen molar-refractivity contribution in [2.75, 3.05) is 32.8 Å². The van der Waals surface area contributed by atoms with Crippen LogP contribution in [0.3, 0.4) is 0 Å². The number of sulfonamides is 1. The molecular weight excluding hydrogens is 430 g/mol. The summed E-state index contributed by atoms with van der Waals surface area (Å²) >= 11 is 6.05. The Balaban J connectivity index is 1.88. The third kappa shape index (κ3) is 5.16. The summed E-state index contributed by atoms with van der Waals surface area (Å²) in [5.74, 6) is 0. The number of aryl methyl sites for hydroxylation is 1. The lowest BCUT2D eigenvalue weighted by Gasteiger charge is -2.35. The van der Waals surface area contributed by atoms with Crippen molar-refractivity contribution in [3.05, 3.63) is 68.2 Å². The van der Waals surface area contributed by atoms with Gasteiger partial charge in [-0.25, -0.2) is 13.1 Å². The van der Waals surface area contributed by atoms with Gasteiger partial charge in [-0.1, -0.05) is 41.4 Å². The molecule has 0 saturated carbocycles. The lowest BCUT2D eigenvalue weighted by Crippen LogP contribution is -2.43. The zero-order valence-electron chi connectivity index (χ0n) is 16.8. The van der Waals surface area contributed by atoms with Crippen LogP contribution in [-0.4, -0.2) is 51.1 Å². The number of nitro benzene ring substituents is 1. The summed E-state index contributed by atoms with van der Waals surface area (Å²) < 4.78 is 33.9. The molecular formula is C20H24ClN3O5S. The van der Waals surface area contributed by atoms with E-state index in [1.807, 2.05) is 31.2 Å². The Morgan fingerprint density at radius 2 is 1.93 bits per heavy atom. The molecule has 1 aliphatic heterocycles. The Morgan fingerprint density at radius 1 is 1.23 bits per heavy atom. The summed E-state index contributed by atoms with van der Waals surface area (Å²) in [5.41, 5.74) is 1.97. The van der Waals surface area contributed by atoms with Gasteiger partial charge in [0.05, 0.1) is 28.1 Å². The molecule has 1 unspecified atom stereocenters. The van der Waals surface area contributed by atoms with Gasteiger partial charge < -0.3 is 4.74 Å². The quantitative estimate of drug-likeness (QED) is 0.510. The summed E-state index contributed by atoms with van der Waals surface area (Å²) in [6.07, 6.45) is 0. The first kappa shape index (κ1) is 22.6. The van der Waals surface area contributed by atoms with E-state index in [9.17, 15) is 18.5 Å². The van der Waals surface area contributed by atoms with Crippen molar-refractivity contribution in [2.45, 2.75) is 24.8 Å². The first-order chi connectivity index (χ1) is 14.2. The van der Waals surface area contributed by atoms with Gasteiger partial charge in [-0.3, -0.25) is 15.0 Å². The van der Waals surface area contributed by atoms with E-state index >= 15 is 0 Å². The predicted octanol–water partition coefficient (Wildman–Crippen LogP) is 3.22. The Bertz CT molecular complexity index is 1040. The van der Waals surface area contributed by atoms with Crippen LogP contribution < -0.4 is 4.72 Å². The van der Waals surface area contributed by atoms with Crippen LogP contribution in [0.2, 0.25) is 5.02 Å². The van der Waals surface area contributed by atoms with Gasteiger partial charge in [-0.05, 0) is 25.5 Å². The molecule has 0 aromatic heterocycles. The molecule has 0 aliphatic carbocycles. The first-order valence-corrected chi connectivity index (χ1v) is 11.4. The number of hydrogen-bond donors (Lipinski definition) is 1. The van der Waals surface area contributed by atoms with Crippen LogP contribution in [0.4, 0.5) is 5.69 Å². The summed E-state index contributed by atoms with van der Waals surface area (Å²) in [5, 5.41) is 11.3. The van der Waals surface area contributed by atoms with Crippen LogP contribution in [0.5, 0.6) is 0 Å². The van der Waals surface area contributed by atoms with E-state index < -0.39 is 14.9 Å². The van der Waals surface area contributed by atoms with E-state index in [4.69, 9.17) is 16.3 Å². The number of nitrogens with one attached hydrogen (secondary N) is 1. The summed E-state index contributed by atoms with van der Waals surface area (Å²) in [7, 11) is -4.00. The highest BCUT2D eigenvalue weighted by Crippen LogP contribution is 2.30. The molecule has 1 heterocycles. The Kier molecular flexibility index (Phi) is 7.10. The van der Waals surface area contributed by atoms with Gasteiger partial charge in [0.15, 0.2) is 0 Å². The van der Waals surface area contributed by atoms with Crippen LogP contribution in [0.1, 0.15) is 22.7 Å². The highest BCUT2D eigenvalue weighted by atomic mass is 35.5. The monoisotopic (exact) mass is 453 g/mol. The minimum Gasteiger partial charge on any atom is -0.379 e. The maximum atomic E-state index is 12.9. The molecule has 1 fully saturated rings. The number of nitrogens with zero attached hydrogens (tertiary/aromatic N) is 2. The second-order valence-electron chi connectivity index (χ2n) is 7.24. The number of halogens is 1. The fourth-order valence-electron chi connectivity index (χ4n) is 3.48. The van der Waals surface area contributed by atoms with E-state index in [-0.39, 0.29) is 33.8 Å². The molecule has 0 radical (unpaired) electrons. The minimum atomic E-state index is -4.00. The normalized spacial score (nSPS) is 16.4. The third-order valence-electron chi connectivity index (χ3n) is 5.18. The number of rotatable bonds is 7. The van der Waals surface area contributed by atoms with Crippen LogP contribution >= 0.6 is 11.6 Å². The molecule has 3 rings (SSSR count). The van der Waals surface area contributed by atoms with Crippen molar-refractivity contribution in [1.29, 1.82) is 0 Å². The summed E-state index contributed by atoms with van der Waals surface area (Å²) in [6.45, 7) is 6.10. The second kappa shape index (κ2) is 9.40. The van der Waals surface area contributed by atoms with Gasteiger partial charge in [-0.15, -0.1) is 0 Å². The smallest absolute Gasteiger partial charge is 0.275 e. The molecule has 1 aliphatic rings. The number of ether oxygens (including phenoxy) is 1. The van der Waals surface area contributed by atoms with E-state index in [1.54, 1.807) is 0 Å². The Labute approximate surface area is 181 Å². The molecule has 1 N–H and O–H groups in total. The summed E-state index contributed by atoms with van der Waals surface area (Å²) in [6, 6.07) is 10.0. The fourth-order valence-corrected chi connectivity index (χ4v) is 4.84. The van der Waals surface area contributed by atoms with Crippen LogP contribution in [0, 0.1) is 24.0 Å². The van der Waals surface area contributed by atoms with Gasteiger partial charge in [0.1, 0.15) is 0 Å². The van der Waals surface area contributed by atoms with Crippen molar-refractivity contribution < 1.29 is 18.1 Å². The van der Waals surface area contributed by atoms with Crippen LogP contribution in [0.25, 0.3) is 0 Å². The Morgan fingerprint density at radius 3 is 2.57 bits per heavy atom. The van der Waals surface area contributed by atoms with Gasteiger partial charge in [0.2, 0.25) is 10.0 Å². The average molecular weight is 454 g/mol. The third-order valence-corrected chi connectivity index (χ3v) is 6.97. The lowest BCUT2D eigenvalue weighted by molar-refractivity contribution is -0.385. The molecule has 8 nitrogen and oxygen atoms in total. The molecule has 0 spiro atoms. The topological polar surface area (TPSA) is 102 Å². The van der Waals surface area contributed by atoms with Crippen molar-refractivity contribution in [2.24, 2.45) is 0 Å². The number of nitro groups is 1. The Hall–Kier alpha value is -2.04. The highest BCUT2D eigenvalue weighted by molar-refractivity contribution is 7.89. The van der Waals surface area contributed by atoms with Crippen molar-refractivity contribution in [1.82, 2.24) is 9.62 Å². The van der Waals surface area contributed by atoms with Crippen molar-refractivity contribution in [3.63, 3.8) is 0 Å². The molecule has 2 aromatic carbocycles. The van der Waals surface area contributed by atoms with E-state index in [2.05, 4.69) is 9.62 Å². The maximum absolute atomic E-state index is 12.9. The molecule has 0 amide bonds. The predicted molar refractivity (Wildman–Crippen MR) is 114 cm³/mol. The molecule has 10 heteroatoms. The van der Waals surface area contributed by atoms with Crippen LogP contribution in [0.15, 0.2) is 41.3 Å². The van der Waals surface area contributed by atoms with Gasteiger partial charge >= 0.3 is 0 Å². The SMILES string of the molecule is Cc1cccc(C(CNS(=O)(=O)c2cc(Cl)c(C)c([N+](=O)[O-])c2)N2CCOCC2)c1. The number of morpholine rings is 1. The van der Waals surface area contributed by atoms with E-state index in [0.29, 0.717) is 26.3 Å². The standard InChI is InChI=1S/C20H24ClN3O5S/c1-14-4-3-5-16(10-14)20(23-6-8-29-9-7-23)13-22-30(27,28)17-11-18(21)15(2)19(12-17)24(25)26/h3-5,10-12,20,22H,6-9,13H2,1-2H3. The van der Waals surface area contributed by atoms with Gasteiger partial charge in [0.25, 0.3) is 5.69 Å². The zero-order chi connectivity index (χ0) is 21.9. The first-order valence-electron chi connectivity index (χ1n) is 9.51. The minimum absolute atomic E-state index is 0.0352.